The summed E-state index contributed by atoms with van der Waals surface area (Å²) in [6.45, 7) is 3.09. The standard InChI is InChI=1S/C8H16N2O2S/c1-2-7(9)8(11)10-3-5-13(12)6-4-10/h7H,2-6,9H2,1H3. The lowest BCUT2D eigenvalue weighted by Crippen LogP contribution is -2.48. The maximum Gasteiger partial charge on any atom is 0.239 e. The summed E-state index contributed by atoms with van der Waals surface area (Å²) in [5, 5.41) is 0. The van der Waals surface area contributed by atoms with Crippen molar-refractivity contribution in [2.75, 3.05) is 24.6 Å². The molecule has 0 aromatic carbocycles. The summed E-state index contributed by atoms with van der Waals surface area (Å²) in [4.78, 5) is 13.3. The van der Waals surface area contributed by atoms with Gasteiger partial charge in [-0.2, -0.15) is 0 Å². The lowest BCUT2D eigenvalue weighted by molar-refractivity contribution is -0.132. The fraction of sp³-hybridized carbons (Fsp3) is 0.875. The summed E-state index contributed by atoms with van der Waals surface area (Å²) in [5.74, 6) is 1.20. The summed E-state index contributed by atoms with van der Waals surface area (Å²) in [7, 11) is -0.727. The summed E-state index contributed by atoms with van der Waals surface area (Å²) in [5.41, 5.74) is 5.61. The van der Waals surface area contributed by atoms with Crippen molar-refractivity contribution in [2.45, 2.75) is 19.4 Å². The Kier molecular flexibility index (Phi) is 3.87. The summed E-state index contributed by atoms with van der Waals surface area (Å²) >= 11 is 0. The molecule has 0 aromatic heterocycles. The van der Waals surface area contributed by atoms with Crippen molar-refractivity contribution in [3.05, 3.63) is 0 Å². The monoisotopic (exact) mass is 204 g/mol. The van der Waals surface area contributed by atoms with E-state index in [1.165, 1.54) is 0 Å². The van der Waals surface area contributed by atoms with E-state index in [9.17, 15) is 9.00 Å². The van der Waals surface area contributed by atoms with Crippen LogP contribution >= 0.6 is 0 Å². The quantitative estimate of drug-likeness (QED) is 0.648. The molecule has 0 spiro atoms. The lowest BCUT2D eigenvalue weighted by atomic mass is 10.2. The minimum atomic E-state index is -0.727. The van der Waals surface area contributed by atoms with Crippen LogP contribution in [0.25, 0.3) is 0 Å². The molecule has 0 bridgehead atoms. The molecule has 1 rings (SSSR count). The number of hydrogen-bond donors (Lipinski definition) is 1. The fourth-order valence-electron chi connectivity index (χ4n) is 1.27. The summed E-state index contributed by atoms with van der Waals surface area (Å²) < 4.78 is 11.0. The Morgan fingerprint density at radius 3 is 2.54 bits per heavy atom. The normalized spacial score (nSPS) is 21.5. The van der Waals surface area contributed by atoms with Gasteiger partial charge in [0.1, 0.15) is 0 Å². The molecule has 1 saturated heterocycles. The zero-order chi connectivity index (χ0) is 9.84. The van der Waals surface area contributed by atoms with E-state index in [4.69, 9.17) is 5.73 Å². The molecule has 0 aliphatic carbocycles. The minimum absolute atomic E-state index is 0.000741. The third kappa shape index (κ3) is 2.77. The second kappa shape index (κ2) is 4.72. The number of rotatable bonds is 2. The lowest BCUT2D eigenvalue weighted by Gasteiger charge is -2.28. The summed E-state index contributed by atoms with van der Waals surface area (Å²) in [6, 6.07) is -0.383. The van der Waals surface area contributed by atoms with E-state index < -0.39 is 10.8 Å². The number of carbonyl (C=O) groups is 1. The van der Waals surface area contributed by atoms with E-state index in [2.05, 4.69) is 0 Å². The van der Waals surface area contributed by atoms with Crippen molar-refractivity contribution in [2.24, 2.45) is 5.73 Å². The molecule has 1 aliphatic heterocycles. The Labute approximate surface area is 80.9 Å². The highest BCUT2D eigenvalue weighted by molar-refractivity contribution is 7.85. The van der Waals surface area contributed by atoms with Gasteiger partial charge in [-0.3, -0.25) is 9.00 Å². The predicted octanol–water partition coefficient (Wildman–Crippen LogP) is -0.685. The van der Waals surface area contributed by atoms with Gasteiger partial charge < -0.3 is 10.6 Å². The van der Waals surface area contributed by atoms with E-state index in [0.717, 1.165) is 0 Å². The highest BCUT2D eigenvalue weighted by Gasteiger charge is 2.23. The molecule has 5 heteroatoms. The zero-order valence-corrected chi connectivity index (χ0v) is 8.68. The van der Waals surface area contributed by atoms with Crippen molar-refractivity contribution in [3.8, 4) is 0 Å². The maximum absolute atomic E-state index is 11.5. The molecule has 1 unspecified atom stereocenters. The third-order valence-corrected chi connectivity index (χ3v) is 3.52. The molecule has 4 nitrogen and oxygen atoms in total. The van der Waals surface area contributed by atoms with E-state index in [1.54, 1.807) is 4.90 Å². The molecule has 1 fully saturated rings. The van der Waals surface area contributed by atoms with Gasteiger partial charge in [-0.25, -0.2) is 0 Å². The van der Waals surface area contributed by atoms with Gasteiger partial charge in [0.25, 0.3) is 0 Å². The topological polar surface area (TPSA) is 63.4 Å². The van der Waals surface area contributed by atoms with Gasteiger partial charge >= 0.3 is 0 Å². The largest absolute Gasteiger partial charge is 0.340 e. The fourth-order valence-corrected chi connectivity index (χ4v) is 2.32. The number of amides is 1. The zero-order valence-electron chi connectivity index (χ0n) is 7.86. The molecule has 0 aromatic rings. The molecular weight excluding hydrogens is 188 g/mol. The van der Waals surface area contributed by atoms with E-state index in [-0.39, 0.29) is 11.9 Å². The van der Waals surface area contributed by atoms with Crippen LogP contribution < -0.4 is 5.73 Å². The molecule has 1 amide bonds. The Bertz CT molecular complexity index is 210. The Balaban J connectivity index is 2.44. The molecular formula is C8H16N2O2S. The Morgan fingerprint density at radius 1 is 1.54 bits per heavy atom. The minimum Gasteiger partial charge on any atom is -0.340 e. The predicted molar refractivity (Wildman–Crippen MR) is 52.7 cm³/mol. The van der Waals surface area contributed by atoms with Crippen molar-refractivity contribution < 1.29 is 9.00 Å². The summed E-state index contributed by atoms with van der Waals surface area (Å²) in [6.07, 6.45) is 0.665. The van der Waals surface area contributed by atoms with Crippen molar-refractivity contribution >= 4 is 16.7 Å². The van der Waals surface area contributed by atoms with Crippen LogP contribution in [-0.2, 0) is 15.6 Å². The van der Waals surface area contributed by atoms with Crippen LogP contribution in [0.15, 0.2) is 0 Å². The number of nitrogens with two attached hydrogens (primary N) is 1. The van der Waals surface area contributed by atoms with Crippen LogP contribution in [0.3, 0.4) is 0 Å². The van der Waals surface area contributed by atoms with Crippen LogP contribution in [0.5, 0.6) is 0 Å². The highest BCUT2D eigenvalue weighted by Crippen LogP contribution is 2.03. The average molecular weight is 204 g/mol. The molecule has 1 atom stereocenters. The molecule has 13 heavy (non-hydrogen) atoms. The smallest absolute Gasteiger partial charge is 0.239 e. The number of hydrogen-bond acceptors (Lipinski definition) is 3. The van der Waals surface area contributed by atoms with Gasteiger partial charge in [0.05, 0.1) is 6.04 Å². The van der Waals surface area contributed by atoms with E-state index in [0.29, 0.717) is 31.0 Å². The molecule has 76 valence electrons. The van der Waals surface area contributed by atoms with Crippen LogP contribution in [0.1, 0.15) is 13.3 Å². The van der Waals surface area contributed by atoms with Crippen molar-refractivity contribution in [1.29, 1.82) is 0 Å². The molecule has 0 radical (unpaired) electrons. The number of carbonyl (C=O) groups excluding carboxylic acids is 1. The number of nitrogens with zero attached hydrogens (tertiary/aromatic N) is 1. The molecule has 1 aliphatic rings. The first-order valence-electron chi connectivity index (χ1n) is 4.54. The van der Waals surface area contributed by atoms with Gasteiger partial charge in [-0.15, -0.1) is 0 Å². The van der Waals surface area contributed by atoms with Gasteiger partial charge in [0.15, 0.2) is 0 Å². The Hall–Kier alpha value is -0.420. The average Bonchev–Trinajstić information content (AvgIpc) is 2.17. The second-order valence-corrected chi connectivity index (χ2v) is 4.88. The van der Waals surface area contributed by atoms with Crippen LogP contribution in [0.2, 0.25) is 0 Å². The van der Waals surface area contributed by atoms with Gasteiger partial charge in [0, 0.05) is 35.4 Å². The SMILES string of the molecule is CCC(N)C(=O)N1CCS(=O)CC1. The molecule has 1 heterocycles. The third-order valence-electron chi connectivity index (χ3n) is 2.25. The second-order valence-electron chi connectivity index (χ2n) is 3.19. The molecule has 2 N–H and O–H groups in total. The van der Waals surface area contributed by atoms with Gasteiger partial charge in [-0.05, 0) is 6.42 Å². The van der Waals surface area contributed by atoms with Crippen molar-refractivity contribution in [3.63, 3.8) is 0 Å². The van der Waals surface area contributed by atoms with Crippen LogP contribution in [0, 0.1) is 0 Å². The van der Waals surface area contributed by atoms with Gasteiger partial charge in [0.2, 0.25) is 5.91 Å². The molecule has 0 saturated carbocycles. The first-order chi connectivity index (χ1) is 6.15. The van der Waals surface area contributed by atoms with Gasteiger partial charge in [-0.1, -0.05) is 6.92 Å². The van der Waals surface area contributed by atoms with Crippen LogP contribution in [0.4, 0.5) is 0 Å². The first-order valence-corrected chi connectivity index (χ1v) is 6.03. The Morgan fingerprint density at radius 2 is 2.08 bits per heavy atom. The first kappa shape index (κ1) is 10.7. The van der Waals surface area contributed by atoms with E-state index >= 15 is 0 Å². The van der Waals surface area contributed by atoms with Crippen molar-refractivity contribution in [1.82, 2.24) is 4.90 Å². The van der Waals surface area contributed by atoms with Crippen LogP contribution in [-0.4, -0.2) is 45.7 Å². The maximum atomic E-state index is 11.5. The highest BCUT2D eigenvalue weighted by atomic mass is 32.2. The van der Waals surface area contributed by atoms with E-state index in [1.807, 2.05) is 6.92 Å².